The normalized spacial score (nSPS) is 31.2. The number of benzene rings is 1. The Hall–Kier alpha value is -0.860. The van der Waals surface area contributed by atoms with Crippen molar-refractivity contribution in [2.75, 3.05) is 26.2 Å². The molecule has 0 aromatic heterocycles. The number of rotatable bonds is 4. The van der Waals surface area contributed by atoms with Crippen LogP contribution in [0, 0.1) is 11.8 Å². The predicted octanol–water partition coefficient (Wildman–Crippen LogP) is 3.33. The summed E-state index contributed by atoms with van der Waals surface area (Å²) in [6, 6.07) is 11.6. The maximum atomic E-state index is 3.75. The van der Waals surface area contributed by atoms with Gasteiger partial charge in [-0.15, -0.1) is 0 Å². The third kappa shape index (κ3) is 4.55. The van der Waals surface area contributed by atoms with E-state index in [4.69, 9.17) is 0 Å². The zero-order valence-electron chi connectivity index (χ0n) is 13.4. The molecule has 1 saturated carbocycles. The van der Waals surface area contributed by atoms with Crippen LogP contribution in [0.25, 0.3) is 0 Å². The van der Waals surface area contributed by atoms with Crippen molar-refractivity contribution in [3.8, 4) is 0 Å². The van der Waals surface area contributed by atoms with Crippen LogP contribution in [0.4, 0.5) is 0 Å². The minimum absolute atomic E-state index is 0.619. The van der Waals surface area contributed by atoms with Gasteiger partial charge in [0.25, 0.3) is 0 Å². The van der Waals surface area contributed by atoms with E-state index in [1.54, 1.807) is 0 Å². The fourth-order valence-electron chi connectivity index (χ4n) is 4.13. The van der Waals surface area contributed by atoms with Gasteiger partial charge in [0.1, 0.15) is 0 Å². The van der Waals surface area contributed by atoms with Gasteiger partial charge in [0.05, 0.1) is 0 Å². The second-order valence-corrected chi connectivity index (χ2v) is 7.24. The molecule has 0 spiro atoms. The molecule has 1 aliphatic heterocycles. The molecule has 3 rings (SSSR count). The minimum Gasteiger partial charge on any atom is -0.312 e. The number of hydrogen-bond acceptors (Lipinski definition) is 2. The Morgan fingerprint density at radius 2 is 2.05 bits per heavy atom. The molecule has 1 N–H and O–H groups in total. The highest BCUT2D eigenvalue weighted by Gasteiger charge is 2.25. The number of nitrogens with zero attached hydrogens (tertiary/aromatic N) is 1. The van der Waals surface area contributed by atoms with Crippen molar-refractivity contribution in [3.63, 3.8) is 0 Å². The lowest BCUT2D eigenvalue weighted by atomic mass is 10.0. The highest BCUT2D eigenvalue weighted by atomic mass is 15.2. The zero-order valence-corrected chi connectivity index (χ0v) is 13.4. The molecule has 21 heavy (non-hydrogen) atoms. The molecule has 0 amide bonds. The average molecular weight is 286 g/mol. The first-order chi connectivity index (χ1) is 10.3. The van der Waals surface area contributed by atoms with Crippen molar-refractivity contribution in [1.82, 2.24) is 10.2 Å². The summed E-state index contributed by atoms with van der Waals surface area (Å²) < 4.78 is 0. The minimum atomic E-state index is 0.619. The van der Waals surface area contributed by atoms with Crippen LogP contribution in [0.5, 0.6) is 0 Å². The van der Waals surface area contributed by atoms with E-state index in [1.165, 1.54) is 63.8 Å². The van der Waals surface area contributed by atoms with E-state index in [-0.39, 0.29) is 0 Å². The van der Waals surface area contributed by atoms with Crippen LogP contribution in [-0.2, 0) is 6.42 Å². The van der Waals surface area contributed by atoms with Crippen molar-refractivity contribution in [2.24, 2.45) is 11.8 Å². The first-order valence-corrected chi connectivity index (χ1v) is 8.79. The first-order valence-electron chi connectivity index (χ1n) is 8.79. The second-order valence-electron chi connectivity index (χ2n) is 7.24. The quantitative estimate of drug-likeness (QED) is 0.913. The van der Waals surface area contributed by atoms with E-state index in [1.807, 2.05) is 0 Å². The topological polar surface area (TPSA) is 15.3 Å². The summed E-state index contributed by atoms with van der Waals surface area (Å²) in [6.07, 6.45) is 6.82. The van der Waals surface area contributed by atoms with Gasteiger partial charge in [-0.3, -0.25) is 0 Å². The molecule has 3 unspecified atom stereocenters. The molecule has 0 radical (unpaired) electrons. The Bertz CT molecular complexity index is 417. The molecule has 1 saturated heterocycles. The van der Waals surface area contributed by atoms with Crippen LogP contribution in [0.2, 0.25) is 0 Å². The fourth-order valence-corrected chi connectivity index (χ4v) is 4.13. The van der Waals surface area contributed by atoms with Crippen molar-refractivity contribution in [1.29, 1.82) is 0 Å². The van der Waals surface area contributed by atoms with E-state index in [0.29, 0.717) is 6.04 Å². The lowest BCUT2D eigenvalue weighted by molar-refractivity contribution is 0.225. The van der Waals surface area contributed by atoms with Crippen LogP contribution >= 0.6 is 0 Å². The van der Waals surface area contributed by atoms with Gasteiger partial charge in [0.2, 0.25) is 0 Å². The second kappa shape index (κ2) is 7.42. The molecule has 116 valence electrons. The van der Waals surface area contributed by atoms with Crippen molar-refractivity contribution < 1.29 is 0 Å². The molecular weight excluding hydrogens is 256 g/mol. The molecule has 1 aromatic rings. The van der Waals surface area contributed by atoms with Crippen molar-refractivity contribution in [2.45, 2.75) is 45.1 Å². The number of nitrogens with one attached hydrogen (secondary N) is 1. The van der Waals surface area contributed by atoms with E-state index >= 15 is 0 Å². The molecule has 2 heteroatoms. The van der Waals surface area contributed by atoms with Crippen LogP contribution in [0.15, 0.2) is 30.3 Å². The lowest BCUT2D eigenvalue weighted by Gasteiger charge is -2.27. The summed E-state index contributed by atoms with van der Waals surface area (Å²) in [5.41, 5.74) is 1.46. The molecule has 2 fully saturated rings. The van der Waals surface area contributed by atoms with Gasteiger partial charge in [-0.2, -0.15) is 0 Å². The smallest absolute Gasteiger partial charge is 0.0235 e. The Morgan fingerprint density at radius 1 is 1.19 bits per heavy atom. The molecule has 1 heterocycles. The third-order valence-electron chi connectivity index (χ3n) is 5.21. The molecule has 1 aromatic carbocycles. The lowest BCUT2D eigenvalue weighted by Crippen LogP contribution is -2.40. The Morgan fingerprint density at radius 3 is 2.81 bits per heavy atom. The van der Waals surface area contributed by atoms with E-state index < -0.39 is 0 Å². The molecule has 1 aliphatic carbocycles. The zero-order chi connectivity index (χ0) is 14.5. The predicted molar refractivity (Wildman–Crippen MR) is 89.5 cm³/mol. The van der Waals surface area contributed by atoms with Crippen LogP contribution in [0.1, 0.15) is 38.2 Å². The third-order valence-corrected chi connectivity index (χ3v) is 5.21. The Labute approximate surface area is 129 Å². The molecule has 2 aliphatic rings. The Balaban J connectivity index is 1.53. The van der Waals surface area contributed by atoms with E-state index in [2.05, 4.69) is 47.5 Å². The standard InChI is InChI=1S/C19H30N2/c1-16-8-9-18(12-16)14-21-11-5-10-20-19(15-21)13-17-6-3-2-4-7-17/h2-4,6-7,16,18-20H,5,8-15H2,1H3. The van der Waals surface area contributed by atoms with Crippen LogP contribution < -0.4 is 5.32 Å². The Kier molecular flexibility index (Phi) is 5.32. The summed E-state index contributed by atoms with van der Waals surface area (Å²) in [5.74, 6) is 1.91. The highest BCUT2D eigenvalue weighted by molar-refractivity contribution is 5.16. The van der Waals surface area contributed by atoms with Gasteiger partial charge in [-0.05, 0) is 56.2 Å². The van der Waals surface area contributed by atoms with Crippen molar-refractivity contribution >= 4 is 0 Å². The highest BCUT2D eigenvalue weighted by Crippen LogP contribution is 2.31. The van der Waals surface area contributed by atoms with E-state index in [9.17, 15) is 0 Å². The summed E-state index contributed by atoms with van der Waals surface area (Å²) in [7, 11) is 0. The fraction of sp³-hybridized carbons (Fsp3) is 0.684. The molecule has 0 bridgehead atoms. The van der Waals surface area contributed by atoms with Gasteiger partial charge < -0.3 is 10.2 Å². The van der Waals surface area contributed by atoms with Crippen LogP contribution in [0.3, 0.4) is 0 Å². The van der Waals surface area contributed by atoms with Gasteiger partial charge in [-0.25, -0.2) is 0 Å². The van der Waals surface area contributed by atoms with Crippen molar-refractivity contribution in [3.05, 3.63) is 35.9 Å². The van der Waals surface area contributed by atoms with E-state index in [0.717, 1.165) is 11.8 Å². The van der Waals surface area contributed by atoms with Gasteiger partial charge in [0, 0.05) is 19.1 Å². The average Bonchev–Trinajstić information content (AvgIpc) is 2.76. The number of hydrogen-bond donors (Lipinski definition) is 1. The maximum Gasteiger partial charge on any atom is 0.0235 e. The molecule has 2 nitrogen and oxygen atoms in total. The first kappa shape index (κ1) is 15.1. The SMILES string of the molecule is CC1CCC(CN2CCCNC(Cc3ccccc3)C2)C1. The van der Waals surface area contributed by atoms with Gasteiger partial charge in [0.15, 0.2) is 0 Å². The summed E-state index contributed by atoms with van der Waals surface area (Å²) >= 11 is 0. The van der Waals surface area contributed by atoms with Gasteiger partial charge in [-0.1, -0.05) is 43.7 Å². The largest absolute Gasteiger partial charge is 0.312 e. The summed E-state index contributed by atoms with van der Waals surface area (Å²) in [5, 5.41) is 3.75. The monoisotopic (exact) mass is 286 g/mol. The maximum absolute atomic E-state index is 3.75. The summed E-state index contributed by atoms with van der Waals surface area (Å²) in [6.45, 7) is 7.43. The molecular formula is C19H30N2. The molecule has 3 atom stereocenters. The van der Waals surface area contributed by atoms with Gasteiger partial charge >= 0.3 is 0 Å². The van der Waals surface area contributed by atoms with Crippen LogP contribution in [-0.4, -0.2) is 37.1 Å². The summed E-state index contributed by atoms with van der Waals surface area (Å²) in [4.78, 5) is 2.73.